The van der Waals surface area contributed by atoms with E-state index in [2.05, 4.69) is 0 Å². The fourth-order valence-electron chi connectivity index (χ4n) is 3.94. The predicted octanol–water partition coefficient (Wildman–Crippen LogP) is 2.99. The number of carbonyl (C=O) groups is 2. The van der Waals surface area contributed by atoms with E-state index in [1.165, 1.54) is 7.11 Å². The largest absolute Gasteiger partial charge is 0.465 e. The van der Waals surface area contributed by atoms with Crippen LogP contribution in [0.5, 0.6) is 0 Å². The number of amides is 1. The van der Waals surface area contributed by atoms with Crippen LogP contribution in [0.25, 0.3) is 11.0 Å². The van der Waals surface area contributed by atoms with Crippen LogP contribution in [0.4, 0.5) is 0 Å². The maximum Gasteiger partial charge on any atom is 0.337 e. The predicted molar refractivity (Wildman–Crippen MR) is 116 cm³/mol. The van der Waals surface area contributed by atoms with E-state index in [0.29, 0.717) is 35.2 Å². The van der Waals surface area contributed by atoms with Crippen LogP contribution in [-0.2, 0) is 4.74 Å². The van der Waals surface area contributed by atoms with Crippen LogP contribution in [0.3, 0.4) is 0 Å². The van der Waals surface area contributed by atoms with Gasteiger partial charge in [-0.3, -0.25) is 9.59 Å². The van der Waals surface area contributed by atoms with E-state index in [4.69, 9.17) is 9.15 Å². The highest BCUT2D eigenvalue weighted by atomic mass is 16.5. The van der Waals surface area contributed by atoms with Crippen molar-refractivity contribution >= 4 is 22.8 Å². The fourth-order valence-corrected chi connectivity index (χ4v) is 3.94. The number of benzene rings is 2. The Morgan fingerprint density at radius 2 is 1.84 bits per heavy atom. The number of fused-ring (bicyclic) bond motifs is 2. The summed E-state index contributed by atoms with van der Waals surface area (Å²) in [6, 6.07) is 11.6. The summed E-state index contributed by atoms with van der Waals surface area (Å²) >= 11 is 0. The van der Waals surface area contributed by atoms with Crippen LogP contribution >= 0.6 is 0 Å². The molecule has 1 aliphatic rings. The monoisotopic (exact) mass is 420 g/mol. The Labute approximate surface area is 179 Å². The van der Waals surface area contributed by atoms with Crippen LogP contribution in [0.15, 0.2) is 51.7 Å². The summed E-state index contributed by atoms with van der Waals surface area (Å²) in [5.74, 6) is -0.666. The summed E-state index contributed by atoms with van der Waals surface area (Å²) in [6.07, 6.45) is 0. The number of nitrogens with zero attached hydrogens (tertiary/aromatic N) is 2. The third kappa shape index (κ3) is 3.61. The molecular formula is C24H24N2O5. The number of hydrogen-bond acceptors (Lipinski definition) is 6. The van der Waals surface area contributed by atoms with Crippen molar-refractivity contribution in [1.82, 2.24) is 9.80 Å². The molecule has 1 amide bonds. The van der Waals surface area contributed by atoms with E-state index in [9.17, 15) is 14.4 Å². The Kier molecular flexibility index (Phi) is 5.37. The zero-order valence-electron chi connectivity index (χ0n) is 18.0. The van der Waals surface area contributed by atoms with E-state index in [1.807, 2.05) is 32.0 Å². The molecule has 4 rings (SSSR count). The third-order valence-corrected chi connectivity index (χ3v) is 5.56. The van der Waals surface area contributed by atoms with Crippen LogP contribution in [-0.4, -0.2) is 56.0 Å². The number of ether oxygens (including phenoxy) is 1. The molecule has 7 heteroatoms. The maximum absolute atomic E-state index is 13.5. The smallest absolute Gasteiger partial charge is 0.337 e. The van der Waals surface area contributed by atoms with Crippen LogP contribution in [0.2, 0.25) is 0 Å². The molecule has 0 bridgehead atoms. The van der Waals surface area contributed by atoms with Crippen LogP contribution < -0.4 is 5.43 Å². The minimum absolute atomic E-state index is 0.0853. The van der Waals surface area contributed by atoms with Crippen molar-refractivity contribution in [3.8, 4) is 0 Å². The number of aryl methyl sites for hydroxylation is 1. The van der Waals surface area contributed by atoms with Gasteiger partial charge >= 0.3 is 5.97 Å². The first kappa shape index (κ1) is 20.8. The fraction of sp³-hybridized carbons (Fsp3) is 0.292. The Morgan fingerprint density at radius 3 is 2.48 bits per heavy atom. The standard InChI is InChI=1S/C24H24N2O5/c1-14-5-10-18-17(13-14)21(27)19-20(15-6-8-16(9-7-15)24(29)30-4)26(12-11-25(2)3)23(28)22(19)31-18/h5-10,13,20H,11-12H2,1-4H3/t20-/m0/s1. The summed E-state index contributed by atoms with van der Waals surface area (Å²) in [5.41, 5.74) is 2.61. The van der Waals surface area contributed by atoms with Crippen LogP contribution in [0.1, 0.15) is 43.6 Å². The molecule has 0 saturated carbocycles. The molecule has 3 aromatic rings. The summed E-state index contributed by atoms with van der Waals surface area (Å²) in [7, 11) is 5.17. The summed E-state index contributed by atoms with van der Waals surface area (Å²) < 4.78 is 10.7. The number of likely N-dealkylation sites (N-methyl/N-ethyl adjacent to an activating group) is 1. The van der Waals surface area contributed by atoms with Crippen LogP contribution in [0, 0.1) is 6.92 Å². The van der Waals surface area contributed by atoms with Gasteiger partial charge in [0.1, 0.15) is 5.58 Å². The Hall–Kier alpha value is -3.45. The van der Waals surface area contributed by atoms with Crippen molar-refractivity contribution in [3.63, 3.8) is 0 Å². The molecule has 0 unspecified atom stereocenters. The first-order valence-electron chi connectivity index (χ1n) is 10.0. The first-order chi connectivity index (χ1) is 14.8. The summed E-state index contributed by atoms with van der Waals surface area (Å²) in [5, 5.41) is 0.456. The molecule has 1 aromatic heterocycles. The van der Waals surface area contributed by atoms with Gasteiger partial charge in [0.05, 0.1) is 29.7 Å². The quantitative estimate of drug-likeness (QED) is 0.591. The highest BCUT2D eigenvalue weighted by Crippen LogP contribution is 2.38. The van der Waals surface area contributed by atoms with Gasteiger partial charge in [0.2, 0.25) is 5.76 Å². The average molecular weight is 420 g/mol. The molecule has 7 nitrogen and oxygen atoms in total. The molecule has 0 fully saturated rings. The molecule has 1 aliphatic heterocycles. The Bertz CT molecular complexity index is 1230. The molecule has 0 spiro atoms. The lowest BCUT2D eigenvalue weighted by Crippen LogP contribution is -2.35. The minimum Gasteiger partial charge on any atom is -0.465 e. The van der Waals surface area contributed by atoms with Gasteiger partial charge in [0, 0.05) is 13.1 Å². The van der Waals surface area contributed by atoms with Gasteiger partial charge in [-0.05, 0) is 50.8 Å². The molecule has 0 saturated heterocycles. The number of methoxy groups -OCH3 is 1. The van der Waals surface area contributed by atoms with Gasteiger partial charge in [0.15, 0.2) is 5.43 Å². The molecule has 31 heavy (non-hydrogen) atoms. The van der Waals surface area contributed by atoms with Crippen molar-refractivity contribution < 1.29 is 18.7 Å². The topological polar surface area (TPSA) is 80.1 Å². The maximum atomic E-state index is 13.5. The second kappa shape index (κ2) is 8.00. The zero-order valence-corrected chi connectivity index (χ0v) is 18.0. The molecule has 1 atom stereocenters. The highest BCUT2D eigenvalue weighted by molar-refractivity contribution is 5.99. The lowest BCUT2D eigenvalue weighted by Gasteiger charge is -2.26. The lowest BCUT2D eigenvalue weighted by atomic mass is 9.97. The number of carbonyl (C=O) groups excluding carboxylic acids is 2. The van der Waals surface area contributed by atoms with E-state index < -0.39 is 12.0 Å². The highest BCUT2D eigenvalue weighted by Gasteiger charge is 2.42. The van der Waals surface area contributed by atoms with Gasteiger partial charge in [-0.15, -0.1) is 0 Å². The number of rotatable bonds is 5. The Balaban J connectivity index is 1.89. The summed E-state index contributed by atoms with van der Waals surface area (Å²) in [6.45, 7) is 2.96. The van der Waals surface area contributed by atoms with E-state index >= 15 is 0 Å². The van der Waals surface area contributed by atoms with Crippen molar-refractivity contribution in [1.29, 1.82) is 0 Å². The van der Waals surface area contributed by atoms with Crippen molar-refractivity contribution in [3.05, 3.63) is 80.7 Å². The average Bonchev–Trinajstić information content (AvgIpc) is 3.04. The van der Waals surface area contributed by atoms with Gasteiger partial charge in [-0.1, -0.05) is 23.8 Å². The van der Waals surface area contributed by atoms with Crippen molar-refractivity contribution in [2.75, 3.05) is 34.3 Å². The normalized spacial score (nSPS) is 15.6. The molecule has 0 radical (unpaired) electrons. The van der Waals surface area contributed by atoms with Gasteiger partial charge in [0.25, 0.3) is 5.91 Å². The van der Waals surface area contributed by atoms with Crippen molar-refractivity contribution in [2.24, 2.45) is 0 Å². The van der Waals surface area contributed by atoms with Crippen molar-refractivity contribution in [2.45, 2.75) is 13.0 Å². The van der Waals surface area contributed by atoms with Gasteiger partial charge in [-0.2, -0.15) is 0 Å². The second-order valence-electron chi connectivity index (χ2n) is 7.99. The Morgan fingerprint density at radius 1 is 1.13 bits per heavy atom. The number of esters is 1. The number of hydrogen-bond donors (Lipinski definition) is 0. The SMILES string of the molecule is COC(=O)c1ccc([C@H]2c3c(oc4ccc(C)cc4c3=O)C(=O)N2CCN(C)C)cc1. The van der Waals surface area contributed by atoms with E-state index in [1.54, 1.807) is 41.3 Å². The second-order valence-corrected chi connectivity index (χ2v) is 7.99. The van der Waals surface area contributed by atoms with Gasteiger partial charge in [-0.25, -0.2) is 4.79 Å². The molecule has 2 heterocycles. The third-order valence-electron chi connectivity index (χ3n) is 5.56. The lowest BCUT2D eigenvalue weighted by molar-refractivity contribution is 0.0599. The first-order valence-corrected chi connectivity index (χ1v) is 10.0. The molecule has 160 valence electrons. The van der Waals surface area contributed by atoms with E-state index in [-0.39, 0.29) is 17.1 Å². The van der Waals surface area contributed by atoms with E-state index in [0.717, 1.165) is 11.1 Å². The molecule has 2 aromatic carbocycles. The summed E-state index contributed by atoms with van der Waals surface area (Å²) in [4.78, 5) is 42.2. The molecule has 0 aliphatic carbocycles. The molecular weight excluding hydrogens is 396 g/mol. The minimum atomic E-state index is -0.588. The molecule has 0 N–H and O–H groups in total. The van der Waals surface area contributed by atoms with Gasteiger partial charge < -0.3 is 19.0 Å². The zero-order chi connectivity index (χ0) is 22.3.